The van der Waals surface area contributed by atoms with Crippen LogP contribution in [-0.2, 0) is 11.2 Å². The molecule has 2 heterocycles. The molecule has 0 radical (unpaired) electrons. The molecule has 4 rings (SSSR count). The average Bonchev–Trinajstić information content (AvgIpc) is 3.33. The molecule has 1 aromatic heterocycles. The highest BCUT2D eigenvalue weighted by molar-refractivity contribution is 6.01. The normalized spacial score (nSPS) is 13.8. The zero-order chi connectivity index (χ0) is 21.4. The molecule has 5 nitrogen and oxygen atoms in total. The molecule has 2 N–H and O–H groups in total. The fraction of sp³-hybridized carbons (Fsp3) is 0.360. The Hall–Kier alpha value is -3.08. The number of nitrogens with one attached hydrogen (secondary N) is 2. The predicted molar refractivity (Wildman–Crippen MR) is 121 cm³/mol. The summed E-state index contributed by atoms with van der Waals surface area (Å²) < 4.78 is 0. The van der Waals surface area contributed by atoms with Crippen LogP contribution in [0.15, 0.2) is 30.3 Å². The summed E-state index contributed by atoms with van der Waals surface area (Å²) in [6, 6.07) is 9.84. The van der Waals surface area contributed by atoms with Crippen LogP contribution >= 0.6 is 0 Å². The molecule has 2 aromatic carbocycles. The number of aromatic nitrogens is 1. The molecule has 1 aliphatic rings. The SMILES string of the molecule is Cc1cc(C)c2[nH]c(C)c(CC(=O)Nc3cccc(C(=O)N4CCCC4)c3C)c2c1. The number of amides is 2. The number of carbonyl (C=O) groups is 2. The second kappa shape index (κ2) is 7.98. The first-order valence-corrected chi connectivity index (χ1v) is 10.6. The molecule has 1 aliphatic heterocycles. The number of nitrogens with zero attached hydrogens (tertiary/aromatic N) is 1. The van der Waals surface area contributed by atoms with E-state index in [1.165, 1.54) is 11.1 Å². The first-order chi connectivity index (χ1) is 14.3. The number of carbonyl (C=O) groups excluding carboxylic acids is 2. The predicted octanol–water partition coefficient (Wildman–Crippen LogP) is 4.82. The van der Waals surface area contributed by atoms with E-state index < -0.39 is 0 Å². The monoisotopic (exact) mass is 403 g/mol. The number of rotatable bonds is 4. The lowest BCUT2D eigenvalue weighted by Gasteiger charge is -2.18. The van der Waals surface area contributed by atoms with Crippen molar-refractivity contribution in [2.75, 3.05) is 18.4 Å². The van der Waals surface area contributed by atoms with Gasteiger partial charge in [-0.05, 0) is 75.4 Å². The number of hydrogen-bond donors (Lipinski definition) is 2. The van der Waals surface area contributed by atoms with Crippen LogP contribution in [0.3, 0.4) is 0 Å². The third-order valence-electron chi connectivity index (χ3n) is 6.14. The summed E-state index contributed by atoms with van der Waals surface area (Å²) in [5.41, 5.74) is 7.70. The molecule has 2 amide bonds. The van der Waals surface area contributed by atoms with E-state index in [4.69, 9.17) is 0 Å². The maximum atomic E-state index is 12.9. The molecule has 0 aliphatic carbocycles. The van der Waals surface area contributed by atoms with Gasteiger partial charge >= 0.3 is 0 Å². The van der Waals surface area contributed by atoms with Crippen molar-refractivity contribution in [3.63, 3.8) is 0 Å². The van der Waals surface area contributed by atoms with Gasteiger partial charge in [0.15, 0.2) is 0 Å². The molecule has 0 unspecified atom stereocenters. The van der Waals surface area contributed by atoms with Gasteiger partial charge in [-0.25, -0.2) is 0 Å². The van der Waals surface area contributed by atoms with Gasteiger partial charge in [-0.2, -0.15) is 0 Å². The highest BCUT2D eigenvalue weighted by Crippen LogP contribution is 2.28. The topological polar surface area (TPSA) is 65.2 Å². The van der Waals surface area contributed by atoms with E-state index in [1.807, 2.05) is 36.9 Å². The molecule has 30 heavy (non-hydrogen) atoms. The van der Waals surface area contributed by atoms with Crippen LogP contribution in [0.25, 0.3) is 10.9 Å². The summed E-state index contributed by atoms with van der Waals surface area (Å²) >= 11 is 0. The number of aromatic amines is 1. The van der Waals surface area contributed by atoms with E-state index in [2.05, 4.69) is 36.3 Å². The minimum absolute atomic E-state index is 0.0551. The lowest BCUT2D eigenvalue weighted by atomic mass is 10.0. The molecule has 1 saturated heterocycles. The van der Waals surface area contributed by atoms with Crippen molar-refractivity contribution in [1.82, 2.24) is 9.88 Å². The van der Waals surface area contributed by atoms with Gasteiger partial charge in [-0.15, -0.1) is 0 Å². The van der Waals surface area contributed by atoms with E-state index in [-0.39, 0.29) is 11.8 Å². The van der Waals surface area contributed by atoms with Gasteiger partial charge < -0.3 is 15.2 Å². The standard InChI is InChI=1S/C25H29N3O2/c1-15-12-16(2)24-21(13-15)20(18(4)26-24)14-23(29)27-22-9-7-8-19(17(22)3)25(30)28-10-5-6-11-28/h7-9,12-13,26H,5-6,10-11,14H2,1-4H3,(H,27,29). The summed E-state index contributed by atoms with van der Waals surface area (Å²) in [5, 5.41) is 4.14. The largest absolute Gasteiger partial charge is 0.358 e. The van der Waals surface area contributed by atoms with E-state index in [1.54, 1.807) is 0 Å². The molecular formula is C25H29N3O2. The number of fused-ring (bicyclic) bond motifs is 1. The average molecular weight is 404 g/mol. The van der Waals surface area contributed by atoms with Crippen LogP contribution in [0.1, 0.15) is 51.1 Å². The first-order valence-electron chi connectivity index (χ1n) is 10.6. The van der Waals surface area contributed by atoms with Gasteiger partial charge in [0.1, 0.15) is 0 Å². The zero-order valence-corrected chi connectivity index (χ0v) is 18.2. The van der Waals surface area contributed by atoms with E-state index in [9.17, 15) is 9.59 Å². The van der Waals surface area contributed by atoms with Gasteiger partial charge in [0.2, 0.25) is 5.91 Å². The first kappa shape index (κ1) is 20.2. The molecule has 3 aromatic rings. The van der Waals surface area contributed by atoms with Crippen molar-refractivity contribution in [2.24, 2.45) is 0 Å². The maximum Gasteiger partial charge on any atom is 0.254 e. The molecule has 0 atom stereocenters. The van der Waals surface area contributed by atoms with E-state index in [0.717, 1.165) is 53.7 Å². The smallest absolute Gasteiger partial charge is 0.254 e. The molecule has 0 saturated carbocycles. The fourth-order valence-electron chi connectivity index (χ4n) is 4.51. The lowest BCUT2D eigenvalue weighted by molar-refractivity contribution is -0.115. The third-order valence-corrected chi connectivity index (χ3v) is 6.14. The maximum absolute atomic E-state index is 12.9. The fourth-order valence-corrected chi connectivity index (χ4v) is 4.51. The Bertz CT molecular complexity index is 1140. The molecule has 156 valence electrons. The third kappa shape index (κ3) is 3.72. The summed E-state index contributed by atoms with van der Waals surface area (Å²) in [6.45, 7) is 9.70. The minimum Gasteiger partial charge on any atom is -0.358 e. The number of aryl methyl sites for hydroxylation is 3. The van der Waals surface area contributed by atoms with Crippen molar-refractivity contribution < 1.29 is 9.59 Å². The van der Waals surface area contributed by atoms with Gasteiger partial charge in [-0.1, -0.05) is 17.7 Å². The van der Waals surface area contributed by atoms with Gasteiger partial charge in [0, 0.05) is 40.9 Å². The van der Waals surface area contributed by atoms with Crippen molar-refractivity contribution in [3.05, 3.63) is 63.8 Å². The summed E-state index contributed by atoms with van der Waals surface area (Å²) in [7, 11) is 0. The summed E-state index contributed by atoms with van der Waals surface area (Å²) in [6.07, 6.45) is 2.41. The molecular weight excluding hydrogens is 374 g/mol. The Balaban J connectivity index is 1.57. The van der Waals surface area contributed by atoms with Crippen LogP contribution in [-0.4, -0.2) is 34.8 Å². The Morgan fingerprint density at radius 2 is 1.80 bits per heavy atom. The molecule has 0 spiro atoms. The number of likely N-dealkylation sites (tertiary alicyclic amines) is 1. The highest BCUT2D eigenvalue weighted by Gasteiger charge is 2.22. The van der Waals surface area contributed by atoms with Crippen molar-refractivity contribution in [1.29, 1.82) is 0 Å². The van der Waals surface area contributed by atoms with Crippen molar-refractivity contribution in [2.45, 2.75) is 47.0 Å². The Labute approximate surface area is 177 Å². The van der Waals surface area contributed by atoms with Gasteiger partial charge in [0.25, 0.3) is 5.91 Å². The molecule has 0 bridgehead atoms. The summed E-state index contributed by atoms with van der Waals surface area (Å²) in [4.78, 5) is 31.1. The van der Waals surface area contributed by atoms with Crippen LogP contribution in [0.5, 0.6) is 0 Å². The van der Waals surface area contributed by atoms with E-state index >= 15 is 0 Å². The highest BCUT2D eigenvalue weighted by atomic mass is 16.2. The number of anilines is 1. The lowest BCUT2D eigenvalue weighted by Crippen LogP contribution is -2.28. The second-order valence-corrected chi connectivity index (χ2v) is 8.44. The van der Waals surface area contributed by atoms with Crippen LogP contribution in [0.4, 0.5) is 5.69 Å². The Kier molecular flexibility index (Phi) is 5.37. The van der Waals surface area contributed by atoms with Crippen molar-refractivity contribution in [3.8, 4) is 0 Å². The number of benzene rings is 2. The molecule has 5 heteroatoms. The Morgan fingerprint density at radius 3 is 2.53 bits per heavy atom. The van der Waals surface area contributed by atoms with Crippen LogP contribution in [0, 0.1) is 27.7 Å². The minimum atomic E-state index is -0.0768. The van der Waals surface area contributed by atoms with E-state index in [0.29, 0.717) is 17.7 Å². The van der Waals surface area contributed by atoms with Gasteiger partial charge in [-0.3, -0.25) is 9.59 Å². The number of H-pyrrole nitrogens is 1. The molecule has 1 fully saturated rings. The van der Waals surface area contributed by atoms with Crippen molar-refractivity contribution >= 4 is 28.4 Å². The summed E-state index contributed by atoms with van der Waals surface area (Å²) in [5.74, 6) is -0.0217. The number of hydrogen-bond acceptors (Lipinski definition) is 2. The Morgan fingerprint density at radius 1 is 1.07 bits per heavy atom. The van der Waals surface area contributed by atoms with Crippen LogP contribution < -0.4 is 5.32 Å². The van der Waals surface area contributed by atoms with Gasteiger partial charge in [0.05, 0.1) is 6.42 Å². The zero-order valence-electron chi connectivity index (χ0n) is 18.2. The quantitative estimate of drug-likeness (QED) is 0.656. The second-order valence-electron chi connectivity index (χ2n) is 8.44. The van der Waals surface area contributed by atoms with Crippen LogP contribution in [0.2, 0.25) is 0 Å².